The van der Waals surface area contributed by atoms with E-state index in [2.05, 4.69) is 15.6 Å². The molecule has 0 aliphatic heterocycles. The monoisotopic (exact) mass is 454 g/mol. The summed E-state index contributed by atoms with van der Waals surface area (Å²) in [5.41, 5.74) is 6.52. The second-order valence-electron chi connectivity index (χ2n) is 7.20. The number of ether oxygens (including phenoxy) is 2. The second-order valence-corrected chi connectivity index (χ2v) is 7.61. The van der Waals surface area contributed by atoms with Gasteiger partial charge in [0.15, 0.2) is 0 Å². The molecule has 0 atom stereocenters. The van der Waals surface area contributed by atoms with Gasteiger partial charge in [0.2, 0.25) is 5.91 Å². The highest BCUT2D eigenvalue weighted by atomic mass is 35.5. The van der Waals surface area contributed by atoms with Gasteiger partial charge in [-0.1, -0.05) is 11.6 Å². The topological polar surface area (TPSA) is 133 Å². The van der Waals surface area contributed by atoms with Gasteiger partial charge in [-0.2, -0.15) is 0 Å². The van der Waals surface area contributed by atoms with Crippen LogP contribution < -0.4 is 25.8 Å². The third-order valence-corrected chi connectivity index (χ3v) is 5.20. The van der Waals surface area contributed by atoms with E-state index in [-0.39, 0.29) is 22.4 Å². The first kappa shape index (κ1) is 21.4. The lowest BCUT2D eigenvalue weighted by Crippen LogP contribution is -2.35. The normalized spacial score (nSPS) is 12.8. The zero-order valence-corrected chi connectivity index (χ0v) is 17.7. The minimum atomic E-state index is -0.648. The van der Waals surface area contributed by atoms with Gasteiger partial charge in [-0.3, -0.25) is 19.9 Å². The summed E-state index contributed by atoms with van der Waals surface area (Å²) in [7, 11) is 1.44. The number of anilines is 1. The van der Waals surface area contributed by atoms with Crippen LogP contribution in [0.25, 0.3) is 10.9 Å². The highest BCUT2D eigenvalue weighted by molar-refractivity contribution is 6.34. The van der Waals surface area contributed by atoms with E-state index in [1.54, 1.807) is 36.5 Å². The van der Waals surface area contributed by atoms with Crippen LogP contribution in [0, 0.1) is 5.92 Å². The Balaban J connectivity index is 1.55. The van der Waals surface area contributed by atoms with Crippen LogP contribution in [-0.4, -0.2) is 29.9 Å². The van der Waals surface area contributed by atoms with Crippen LogP contribution >= 0.6 is 11.6 Å². The van der Waals surface area contributed by atoms with Gasteiger partial charge in [-0.25, -0.2) is 4.79 Å². The van der Waals surface area contributed by atoms with Crippen molar-refractivity contribution in [2.24, 2.45) is 11.7 Å². The van der Waals surface area contributed by atoms with Crippen molar-refractivity contribution in [2.75, 3.05) is 12.4 Å². The van der Waals surface area contributed by atoms with E-state index < -0.39 is 11.9 Å². The van der Waals surface area contributed by atoms with Gasteiger partial charge in [0.05, 0.1) is 28.9 Å². The first-order chi connectivity index (χ1) is 15.4. The molecule has 0 unspecified atom stereocenters. The fourth-order valence-corrected chi connectivity index (χ4v) is 3.32. The lowest BCUT2D eigenvalue weighted by molar-refractivity contribution is -0.121. The molecule has 3 aromatic rings. The number of nitrogens with one attached hydrogen (secondary N) is 2. The summed E-state index contributed by atoms with van der Waals surface area (Å²) in [5.74, 6) is 0.0954. The van der Waals surface area contributed by atoms with Crippen LogP contribution in [0.3, 0.4) is 0 Å². The predicted octanol–water partition coefficient (Wildman–Crippen LogP) is 3.85. The molecule has 1 saturated carbocycles. The van der Waals surface area contributed by atoms with Gasteiger partial charge in [-0.05, 0) is 37.1 Å². The van der Waals surface area contributed by atoms with Gasteiger partial charge < -0.3 is 20.5 Å². The summed E-state index contributed by atoms with van der Waals surface area (Å²) >= 11 is 6.28. The third kappa shape index (κ3) is 4.57. The number of carbonyl (C=O) groups is 3. The van der Waals surface area contributed by atoms with E-state index >= 15 is 0 Å². The number of hydrogen-bond acceptors (Lipinski definition) is 6. The van der Waals surface area contributed by atoms with Crippen LogP contribution in [0.5, 0.6) is 17.2 Å². The summed E-state index contributed by atoms with van der Waals surface area (Å²) in [6.45, 7) is 0. The molecule has 1 aromatic heterocycles. The summed E-state index contributed by atoms with van der Waals surface area (Å²) in [6.07, 6.45) is 3.15. The van der Waals surface area contributed by atoms with Crippen molar-refractivity contribution >= 4 is 46.0 Å². The van der Waals surface area contributed by atoms with Crippen molar-refractivity contribution < 1.29 is 23.9 Å². The molecule has 4 rings (SSSR count). The van der Waals surface area contributed by atoms with Crippen molar-refractivity contribution in [1.82, 2.24) is 10.3 Å². The number of aromatic nitrogens is 1. The summed E-state index contributed by atoms with van der Waals surface area (Å²) in [6, 6.07) is 8.82. The summed E-state index contributed by atoms with van der Waals surface area (Å²) < 4.78 is 11.2. The Morgan fingerprint density at radius 1 is 1.12 bits per heavy atom. The number of imide groups is 1. The number of nitrogens with zero attached hydrogens (tertiary/aromatic N) is 1. The van der Waals surface area contributed by atoms with Crippen molar-refractivity contribution in [3.8, 4) is 17.2 Å². The Morgan fingerprint density at radius 2 is 1.91 bits per heavy atom. The molecule has 4 amide bonds. The van der Waals surface area contributed by atoms with Crippen LogP contribution in [0.4, 0.5) is 10.5 Å². The van der Waals surface area contributed by atoms with E-state index in [1.165, 1.54) is 13.2 Å². The Hall–Kier alpha value is -3.85. The van der Waals surface area contributed by atoms with E-state index in [0.29, 0.717) is 33.8 Å². The fourth-order valence-electron chi connectivity index (χ4n) is 3.10. The molecule has 164 valence electrons. The van der Waals surface area contributed by atoms with Gasteiger partial charge in [0, 0.05) is 29.6 Å². The van der Waals surface area contributed by atoms with Gasteiger partial charge >= 0.3 is 6.03 Å². The summed E-state index contributed by atoms with van der Waals surface area (Å²) in [4.78, 5) is 39.7. The minimum absolute atomic E-state index is 0.0859. The van der Waals surface area contributed by atoms with E-state index in [1.807, 2.05) is 0 Å². The average Bonchev–Trinajstić information content (AvgIpc) is 3.60. The number of halogens is 1. The molecule has 0 radical (unpaired) electrons. The van der Waals surface area contributed by atoms with Crippen LogP contribution in [-0.2, 0) is 4.79 Å². The lowest BCUT2D eigenvalue weighted by atomic mass is 10.1. The third-order valence-electron chi connectivity index (χ3n) is 4.89. The molecule has 0 spiro atoms. The first-order valence-corrected chi connectivity index (χ1v) is 10.1. The second kappa shape index (κ2) is 8.72. The molecule has 1 aliphatic rings. The number of benzene rings is 2. The Kier molecular flexibility index (Phi) is 5.83. The zero-order valence-electron chi connectivity index (χ0n) is 17.0. The minimum Gasteiger partial charge on any atom is -0.496 e. The lowest BCUT2D eigenvalue weighted by Gasteiger charge is -2.13. The molecular weight excluding hydrogens is 436 g/mol. The number of methoxy groups -OCH3 is 1. The fraction of sp³-hybridized carbons (Fsp3) is 0.182. The molecule has 9 nitrogen and oxygen atoms in total. The Labute approximate surface area is 187 Å². The largest absolute Gasteiger partial charge is 0.496 e. The number of carbonyl (C=O) groups excluding carboxylic acids is 3. The van der Waals surface area contributed by atoms with Crippen LogP contribution in [0.1, 0.15) is 23.2 Å². The average molecular weight is 455 g/mol. The maximum atomic E-state index is 12.0. The number of primary amides is 1. The molecule has 0 bridgehead atoms. The maximum Gasteiger partial charge on any atom is 0.325 e. The van der Waals surface area contributed by atoms with Gasteiger partial charge in [0.1, 0.15) is 17.2 Å². The Bertz CT molecular complexity index is 1240. The van der Waals surface area contributed by atoms with E-state index in [0.717, 1.165) is 12.8 Å². The van der Waals surface area contributed by atoms with E-state index in [9.17, 15) is 14.4 Å². The number of hydrogen-bond donors (Lipinski definition) is 3. The molecule has 1 fully saturated rings. The number of rotatable bonds is 6. The number of amides is 4. The molecule has 4 N–H and O–H groups in total. The molecular formula is C22H19ClN4O5. The smallest absolute Gasteiger partial charge is 0.325 e. The highest BCUT2D eigenvalue weighted by Crippen LogP contribution is 2.35. The van der Waals surface area contributed by atoms with Gasteiger partial charge in [-0.15, -0.1) is 0 Å². The standard InChI is InChI=1S/C22H19ClN4O5/c1-31-19-10-17-13(9-14(19)20(24)28)18(6-7-25-17)32-12-4-5-16(15(23)8-12)26-22(30)27-21(29)11-2-3-11/h4-11H,2-3H2,1H3,(H2,24,28)(H2,26,27,29,30). The van der Waals surface area contributed by atoms with Crippen molar-refractivity contribution in [3.05, 3.63) is 53.2 Å². The quantitative estimate of drug-likeness (QED) is 0.518. The van der Waals surface area contributed by atoms with Gasteiger partial charge in [0.25, 0.3) is 5.91 Å². The van der Waals surface area contributed by atoms with Crippen LogP contribution in [0.2, 0.25) is 5.02 Å². The molecule has 2 aromatic carbocycles. The molecule has 0 saturated heterocycles. The van der Waals surface area contributed by atoms with Crippen molar-refractivity contribution in [2.45, 2.75) is 12.8 Å². The predicted molar refractivity (Wildman–Crippen MR) is 118 cm³/mol. The highest BCUT2D eigenvalue weighted by Gasteiger charge is 2.30. The first-order valence-electron chi connectivity index (χ1n) is 9.71. The number of urea groups is 1. The number of fused-ring (bicyclic) bond motifs is 1. The van der Waals surface area contributed by atoms with Crippen LogP contribution in [0.15, 0.2) is 42.6 Å². The summed E-state index contributed by atoms with van der Waals surface area (Å²) in [5, 5.41) is 5.60. The number of nitrogens with two attached hydrogens (primary N) is 1. The Morgan fingerprint density at radius 3 is 2.56 bits per heavy atom. The molecule has 32 heavy (non-hydrogen) atoms. The SMILES string of the molecule is COc1cc2nccc(Oc3ccc(NC(=O)NC(=O)C4CC4)c(Cl)c3)c2cc1C(N)=O. The van der Waals surface area contributed by atoms with Crippen molar-refractivity contribution in [3.63, 3.8) is 0 Å². The van der Waals surface area contributed by atoms with Crippen molar-refractivity contribution in [1.29, 1.82) is 0 Å². The zero-order chi connectivity index (χ0) is 22.8. The molecule has 10 heteroatoms. The maximum absolute atomic E-state index is 12.0. The van der Waals surface area contributed by atoms with E-state index in [4.69, 9.17) is 26.8 Å². The molecule has 1 aliphatic carbocycles. The molecule has 1 heterocycles. The number of pyridine rings is 1.